The van der Waals surface area contributed by atoms with Crippen LogP contribution >= 0.6 is 11.6 Å². The smallest absolute Gasteiger partial charge is 0.410 e. The number of carbonyl (C=O) groups is 1. The molecule has 4 rings (SSSR count). The van der Waals surface area contributed by atoms with E-state index in [2.05, 4.69) is 15.0 Å². The highest BCUT2D eigenvalue weighted by molar-refractivity contribution is 7.84. The summed E-state index contributed by atoms with van der Waals surface area (Å²) in [5.74, 6) is -0.311. The molecule has 3 unspecified atom stereocenters. The maximum atomic E-state index is 14.6. The second kappa shape index (κ2) is 7.56. The van der Waals surface area contributed by atoms with Crippen molar-refractivity contribution < 1.29 is 18.1 Å². The zero-order valence-electron chi connectivity index (χ0n) is 17.2. The number of halogens is 2. The van der Waals surface area contributed by atoms with Crippen molar-refractivity contribution in [2.45, 2.75) is 56.5 Å². The summed E-state index contributed by atoms with van der Waals surface area (Å²) in [7, 11) is -1.51. The molecule has 0 saturated carbocycles. The molecule has 0 radical (unpaired) electrons. The van der Waals surface area contributed by atoms with Gasteiger partial charge in [0.15, 0.2) is 11.0 Å². The minimum Gasteiger partial charge on any atom is -0.444 e. The first-order valence-corrected chi connectivity index (χ1v) is 11.6. The predicted octanol–water partition coefficient (Wildman–Crippen LogP) is 3.14. The van der Waals surface area contributed by atoms with Crippen LogP contribution in [0.1, 0.15) is 33.6 Å². The average Bonchev–Trinajstić information content (AvgIpc) is 2.93. The summed E-state index contributed by atoms with van der Waals surface area (Å²) < 4.78 is 32.2. The number of aromatic nitrogens is 3. The number of piperazine rings is 1. The summed E-state index contributed by atoms with van der Waals surface area (Å²) in [6, 6.07) is -0.103. The minimum absolute atomic E-state index is 0.00730. The minimum atomic E-state index is -1.51. The zero-order chi connectivity index (χ0) is 21.8. The summed E-state index contributed by atoms with van der Waals surface area (Å²) in [6.07, 6.45) is 4.23. The molecule has 3 atom stereocenters. The molecule has 0 N–H and O–H groups in total. The molecular weight excluding hydrogens is 433 g/mol. The molecule has 2 fully saturated rings. The number of ether oxygens (including phenoxy) is 1. The van der Waals surface area contributed by atoms with E-state index >= 15 is 0 Å². The third-order valence-corrected chi connectivity index (χ3v) is 6.20. The van der Waals surface area contributed by atoms with Crippen molar-refractivity contribution in [3.63, 3.8) is 0 Å². The van der Waals surface area contributed by atoms with Crippen LogP contribution in [-0.4, -0.2) is 67.2 Å². The van der Waals surface area contributed by atoms with Crippen LogP contribution in [0.5, 0.6) is 0 Å². The molecule has 0 spiro atoms. The molecule has 2 aromatic heterocycles. The third kappa shape index (κ3) is 3.82. The Bertz CT molecular complexity index is 1030. The number of hydrogen-bond acceptors (Lipinski definition) is 7. The third-order valence-electron chi connectivity index (χ3n) is 5.24. The van der Waals surface area contributed by atoms with Gasteiger partial charge in [0.1, 0.15) is 16.9 Å². The first kappa shape index (κ1) is 21.2. The molecule has 0 aromatic carbocycles. The first-order chi connectivity index (χ1) is 14.0. The van der Waals surface area contributed by atoms with Gasteiger partial charge >= 0.3 is 6.09 Å². The van der Waals surface area contributed by atoms with Gasteiger partial charge in [-0.25, -0.2) is 24.1 Å². The zero-order valence-corrected chi connectivity index (χ0v) is 18.8. The van der Waals surface area contributed by atoms with Gasteiger partial charge in [0.05, 0.1) is 28.3 Å². The predicted molar refractivity (Wildman–Crippen MR) is 112 cm³/mol. The van der Waals surface area contributed by atoms with Crippen LogP contribution in [0.2, 0.25) is 5.15 Å². The van der Waals surface area contributed by atoms with E-state index in [1.165, 1.54) is 12.5 Å². The lowest BCUT2D eigenvalue weighted by Crippen LogP contribution is -2.57. The standard InChI is InChI=1S/C19H23ClFN5O3S/c1-19(2,3)29-18(27)26-10-5-6-11(26)9-25(8-10)16-12-7-22-15(20)13(21)14(12)23-17(24-16)30(4)28/h7,10-11H,5-6,8-9H2,1-4H3. The molecular formula is C19H23ClFN5O3S. The summed E-state index contributed by atoms with van der Waals surface area (Å²) in [5.41, 5.74) is -0.578. The molecule has 2 bridgehead atoms. The number of fused-ring (bicyclic) bond motifs is 3. The molecule has 2 aromatic rings. The molecule has 30 heavy (non-hydrogen) atoms. The van der Waals surface area contributed by atoms with Gasteiger partial charge in [-0.2, -0.15) is 0 Å². The van der Waals surface area contributed by atoms with Crippen LogP contribution in [0.4, 0.5) is 15.0 Å². The summed E-state index contributed by atoms with van der Waals surface area (Å²) in [5, 5.41) is 0.131. The number of nitrogens with zero attached hydrogens (tertiary/aromatic N) is 5. The Kier molecular flexibility index (Phi) is 5.34. The summed E-state index contributed by atoms with van der Waals surface area (Å²) in [4.78, 5) is 28.9. The van der Waals surface area contributed by atoms with Gasteiger partial charge in [0, 0.05) is 25.5 Å². The van der Waals surface area contributed by atoms with E-state index < -0.39 is 22.2 Å². The van der Waals surface area contributed by atoms with Gasteiger partial charge in [-0.3, -0.25) is 9.11 Å². The fraction of sp³-hybridized carbons (Fsp3) is 0.579. The van der Waals surface area contributed by atoms with Crippen LogP contribution < -0.4 is 4.90 Å². The lowest BCUT2D eigenvalue weighted by atomic mass is 10.1. The van der Waals surface area contributed by atoms with Crippen LogP contribution in [0, 0.1) is 5.82 Å². The first-order valence-electron chi connectivity index (χ1n) is 9.66. The van der Waals surface area contributed by atoms with Crippen LogP contribution in [0.3, 0.4) is 0 Å². The number of anilines is 1. The quantitative estimate of drug-likeness (QED) is 0.507. The largest absolute Gasteiger partial charge is 0.444 e. The summed E-state index contributed by atoms with van der Waals surface area (Å²) in [6.45, 7) is 6.53. The van der Waals surface area contributed by atoms with E-state index in [4.69, 9.17) is 16.3 Å². The molecule has 2 aliphatic heterocycles. The van der Waals surface area contributed by atoms with E-state index in [1.54, 1.807) is 4.90 Å². The molecule has 0 aliphatic carbocycles. The van der Waals surface area contributed by atoms with Gasteiger partial charge < -0.3 is 9.64 Å². The maximum absolute atomic E-state index is 14.6. The fourth-order valence-corrected chi connectivity index (χ4v) is 4.63. The Morgan fingerprint density at radius 1 is 1.27 bits per heavy atom. The van der Waals surface area contributed by atoms with Crippen LogP contribution in [-0.2, 0) is 15.5 Å². The topological polar surface area (TPSA) is 88.5 Å². The Morgan fingerprint density at radius 2 is 1.90 bits per heavy atom. The van der Waals surface area contributed by atoms with Gasteiger partial charge in [0.25, 0.3) is 0 Å². The molecule has 8 nitrogen and oxygen atoms in total. The van der Waals surface area contributed by atoms with E-state index in [9.17, 15) is 13.4 Å². The monoisotopic (exact) mass is 455 g/mol. The Labute approximate surface area is 181 Å². The highest BCUT2D eigenvalue weighted by atomic mass is 35.5. The van der Waals surface area contributed by atoms with Crippen molar-refractivity contribution in [2.24, 2.45) is 0 Å². The summed E-state index contributed by atoms with van der Waals surface area (Å²) >= 11 is 5.83. The van der Waals surface area contributed by atoms with Crippen molar-refractivity contribution >= 4 is 45.2 Å². The Balaban J connectivity index is 1.70. The normalized spacial score (nSPS) is 22.5. The van der Waals surface area contributed by atoms with E-state index in [1.807, 2.05) is 25.7 Å². The van der Waals surface area contributed by atoms with Crippen molar-refractivity contribution in [2.75, 3.05) is 24.2 Å². The van der Waals surface area contributed by atoms with E-state index in [0.29, 0.717) is 24.3 Å². The lowest BCUT2D eigenvalue weighted by molar-refractivity contribution is 0.0123. The molecule has 1 amide bonds. The molecule has 11 heteroatoms. The number of carbonyl (C=O) groups excluding carboxylic acids is 1. The number of amides is 1. The Hall–Kier alpha value is -2.07. The van der Waals surface area contributed by atoms with E-state index in [0.717, 1.165) is 12.8 Å². The molecule has 2 aliphatic rings. The van der Waals surface area contributed by atoms with Crippen molar-refractivity contribution in [3.8, 4) is 0 Å². The average molecular weight is 456 g/mol. The van der Waals surface area contributed by atoms with Gasteiger partial charge in [-0.15, -0.1) is 0 Å². The lowest BCUT2D eigenvalue weighted by Gasteiger charge is -2.42. The SMILES string of the molecule is CS(=O)c1nc(N2CC3CCC(C2)N3C(=O)OC(C)(C)C)c2cnc(Cl)c(F)c2n1. The van der Waals surface area contributed by atoms with Gasteiger partial charge in [-0.05, 0) is 33.6 Å². The van der Waals surface area contributed by atoms with E-state index in [-0.39, 0.29) is 34.0 Å². The number of hydrogen-bond donors (Lipinski definition) is 0. The second-order valence-electron chi connectivity index (χ2n) is 8.59. The number of pyridine rings is 1. The second-order valence-corrected chi connectivity index (χ2v) is 10.2. The Morgan fingerprint density at radius 3 is 2.47 bits per heavy atom. The molecule has 4 heterocycles. The highest BCUT2D eigenvalue weighted by Gasteiger charge is 2.45. The van der Waals surface area contributed by atoms with Crippen LogP contribution in [0.25, 0.3) is 10.9 Å². The van der Waals surface area contributed by atoms with Crippen molar-refractivity contribution in [3.05, 3.63) is 17.2 Å². The fourth-order valence-electron chi connectivity index (χ4n) is 4.06. The molecule has 162 valence electrons. The number of rotatable bonds is 2. The van der Waals surface area contributed by atoms with Gasteiger partial charge in [0.2, 0.25) is 5.16 Å². The van der Waals surface area contributed by atoms with Gasteiger partial charge in [-0.1, -0.05) is 11.6 Å². The molecule has 2 saturated heterocycles. The maximum Gasteiger partial charge on any atom is 0.410 e. The van der Waals surface area contributed by atoms with Crippen molar-refractivity contribution in [1.82, 2.24) is 19.9 Å². The van der Waals surface area contributed by atoms with Crippen LogP contribution in [0.15, 0.2) is 11.4 Å². The highest BCUT2D eigenvalue weighted by Crippen LogP contribution is 2.36. The van der Waals surface area contributed by atoms with Crippen molar-refractivity contribution in [1.29, 1.82) is 0 Å².